The molecule has 0 fully saturated rings. The standard InChI is InChI=1S/C14H23NO3/c1-11(6-5-9-14(17)18)15-13(16)10-12-7-3-2-4-8-12/h7,11H,2-6,8-10H2,1H3,(H,15,16)(H,17,18). The van der Waals surface area contributed by atoms with Crippen molar-refractivity contribution >= 4 is 11.9 Å². The van der Waals surface area contributed by atoms with Crippen LogP contribution in [0.15, 0.2) is 11.6 Å². The second kappa shape index (κ2) is 7.90. The van der Waals surface area contributed by atoms with Crippen molar-refractivity contribution in [1.82, 2.24) is 5.32 Å². The van der Waals surface area contributed by atoms with Crippen LogP contribution in [0.5, 0.6) is 0 Å². The Morgan fingerprint density at radius 2 is 2.22 bits per heavy atom. The van der Waals surface area contributed by atoms with E-state index in [9.17, 15) is 9.59 Å². The average molecular weight is 253 g/mol. The normalized spacial score (nSPS) is 16.8. The average Bonchev–Trinajstić information content (AvgIpc) is 2.29. The lowest BCUT2D eigenvalue weighted by molar-refractivity contribution is -0.137. The molecule has 0 aromatic heterocycles. The van der Waals surface area contributed by atoms with Gasteiger partial charge in [0.2, 0.25) is 5.91 Å². The third kappa shape index (κ3) is 6.42. The maximum atomic E-state index is 11.8. The molecule has 4 heteroatoms. The van der Waals surface area contributed by atoms with Crippen LogP contribution in [-0.2, 0) is 9.59 Å². The molecule has 0 aromatic rings. The van der Waals surface area contributed by atoms with E-state index in [1.807, 2.05) is 6.92 Å². The summed E-state index contributed by atoms with van der Waals surface area (Å²) in [7, 11) is 0. The van der Waals surface area contributed by atoms with Crippen molar-refractivity contribution in [2.45, 2.75) is 64.3 Å². The molecule has 1 amide bonds. The van der Waals surface area contributed by atoms with Gasteiger partial charge in [0.15, 0.2) is 0 Å². The number of carboxylic acids is 1. The smallest absolute Gasteiger partial charge is 0.303 e. The first-order valence-electron chi connectivity index (χ1n) is 6.77. The highest BCUT2D eigenvalue weighted by atomic mass is 16.4. The summed E-state index contributed by atoms with van der Waals surface area (Å²) in [6.07, 6.45) is 8.74. The molecule has 0 aromatic carbocycles. The van der Waals surface area contributed by atoms with Crippen molar-refractivity contribution in [3.63, 3.8) is 0 Å². The van der Waals surface area contributed by atoms with Gasteiger partial charge in [0.1, 0.15) is 0 Å². The molecule has 0 heterocycles. The number of allylic oxidation sites excluding steroid dienone is 1. The molecule has 0 aliphatic heterocycles. The van der Waals surface area contributed by atoms with E-state index in [0.717, 1.165) is 19.3 Å². The Morgan fingerprint density at radius 3 is 2.83 bits per heavy atom. The van der Waals surface area contributed by atoms with Gasteiger partial charge >= 0.3 is 5.97 Å². The number of hydrogen-bond donors (Lipinski definition) is 2. The predicted octanol–water partition coefficient (Wildman–Crippen LogP) is 2.64. The molecule has 2 N–H and O–H groups in total. The number of rotatable bonds is 7. The Labute approximate surface area is 108 Å². The van der Waals surface area contributed by atoms with Crippen LogP contribution in [0.1, 0.15) is 58.3 Å². The van der Waals surface area contributed by atoms with Crippen molar-refractivity contribution in [3.8, 4) is 0 Å². The minimum atomic E-state index is -0.777. The monoisotopic (exact) mass is 253 g/mol. The third-order valence-corrected chi connectivity index (χ3v) is 3.21. The highest BCUT2D eigenvalue weighted by Crippen LogP contribution is 2.19. The van der Waals surface area contributed by atoms with E-state index < -0.39 is 5.97 Å². The molecule has 1 rings (SSSR count). The molecule has 4 nitrogen and oxygen atoms in total. The van der Waals surface area contributed by atoms with Gasteiger partial charge in [0.25, 0.3) is 0 Å². The molecule has 0 saturated carbocycles. The zero-order valence-electron chi connectivity index (χ0n) is 11.1. The van der Waals surface area contributed by atoms with E-state index in [0.29, 0.717) is 12.8 Å². The third-order valence-electron chi connectivity index (χ3n) is 3.21. The molecule has 1 aliphatic carbocycles. The van der Waals surface area contributed by atoms with Crippen LogP contribution < -0.4 is 5.32 Å². The van der Waals surface area contributed by atoms with E-state index >= 15 is 0 Å². The van der Waals surface area contributed by atoms with Gasteiger partial charge in [-0.2, -0.15) is 0 Å². The van der Waals surface area contributed by atoms with E-state index in [2.05, 4.69) is 11.4 Å². The summed E-state index contributed by atoms with van der Waals surface area (Å²) in [5.41, 5.74) is 1.25. The van der Waals surface area contributed by atoms with Crippen LogP contribution in [0.2, 0.25) is 0 Å². The van der Waals surface area contributed by atoms with E-state index in [-0.39, 0.29) is 18.4 Å². The molecule has 0 spiro atoms. The van der Waals surface area contributed by atoms with Gasteiger partial charge in [-0.15, -0.1) is 0 Å². The van der Waals surface area contributed by atoms with Crippen molar-refractivity contribution < 1.29 is 14.7 Å². The minimum Gasteiger partial charge on any atom is -0.481 e. The first-order chi connectivity index (χ1) is 8.58. The van der Waals surface area contributed by atoms with Gasteiger partial charge in [0, 0.05) is 18.9 Å². The topological polar surface area (TPSA) is 66.4 Å². The lowest BCUT2D eigenvalue weighted by atomic mass is 9.97. The SMILES string of the molecule is CC(CCCC(=O)O)NC(=O)CC1=CCCCC1. The van der Waals surface area contributed by atoms with E-state index in [4.69, 9.17) is 5.11 Å². The van der Waals surface area contributed by atoms with Crippen LogP contribution in [-0.4, -0.2) is 23.0 Å². The Kier molecular flexibility index (Phi) is 6.47. The summed E-state index contributed by atoms with van der Waals surface area (Å²) in [5.74, 6) is -0.716. The fourth-order valence-corrected chi connectivity index (χ4v) is 2.23. The van der Waals surface area contributed by atoms with Crippen LogP contribution in [0.3, 0.4) is 0 Å². The van der Waals surface area contributed by atoms with Crippen molar-refractivity contribution in [2.75, 3.05) is 0 Å². The molecule has 0 bridgehead atoms. The van der Waals surface area contributed by atoms with Crippen molar-refractivity contribution in [3.05, 3.63) is 11.6 Å². The summed E-state index contributed by atoms with van der Waals surface area (Å²) < 4.78 is 0. The Bertz CT molecular complexity index is 323. The fraction of sp³-hybridized carbons (Fsp3) is 0.714. The van der Waals surface area contributed by atoms with Crippen molar-refractivity contribution in [1.29, 1.82) is 0 Å². The molecular formula is C14H23NO3. The molecule has 102 valence electrons. The van der Waals surface area contributed by atoms with Gasteiger partial charge in [-0.05, 0) is 45.4 Å². The van der Waals surface area contributed by atoms with Gasteiger partial charge in [0.05, 0.1) is 0 Å². The van der Waals surface area contributed by atoms with Crippen LogP contribution in [0.25, 0.3) is 0 Å². The summed E-state index contributed by atoms with van der Waals surface area (Å²) in [5, 5.41) is 11.5. The first-order valence-corrected chi connectivity index (χ1v) is 6.77. The fourth-order valence-electron chi connectivity index (χ4n) is 2.23. The first kappa shape index (κ1) is 14.7. The number of carbonyl (C=O) groups is 2. The summed E-state index contributed by atoms with van der Waals surface area (Å²) >= 11 is 0. The second-order valence-corrected chi connectivity index (χ2v) is 5.04. The number of carboxylic acid groups (broad SMARTS) is 1. The minimum absolute atomic E-state index is 0.0565. The van der Waals surface area contributed by atoms with Gasteiger partial charge in [-0.1, -0.05) is 11.6 Å². The Hall–Kier alpha value is -1.32. The predicted molar refractivity (Wildman–Crippen MR) is 70.3 cm³/mol. The number of nitrogens with one attached hydrogen (secondary N) is 1. The molecule has 0 radical (unpaired) electrons. The molecule has 18 heavy (non-hydrogen) atoms. The quantitative estimate of drug-likeness (QED) is 0.685. The lowest BCUT2D eigenvalue weighted by Gasteiger charge is -2.16. The van der Waals surface area contributed by atoms with Crippen LogP contribution in [0, 0.1) is 0 Å². The van der Waals surface area contributed by atoms with Gasteiger partial charge in [-0.3, -0.25) is 9.59 Å². The Morgan fingerprint density at radius 1 is 1.44 bits per heavy atom. The highest BCUT2D eigenvalue weighted by Gasteiger charge is 2.11. The van der Waals surface area contributed by atoms with E-state index in [1.54, 1.807) is 0 Å². The summed E-state index contributed by atoms with van der Waals surface area (Å²) in [4.78, 5) is 22.1. The maximum Gasteiger partial charge on any atom is 0.303 e. The number of carbonyl (C=O) groups excluding carboxylic acids is 1. The maximum absolute atomic E-state index is 11.8. The summed E-state index contributed by atoms with van der Waals surface area (Å²) in [6, 6.07) is 0.0565. The second-order valence-electron chi connectivity index (χ2n) is 5.04. The zero-order valence-corrected chi connectivity index (χ0v) is 11.1. The highest BCUT2D eigenvalue weighted by molar-refractivity contribution is 5.78. The number of hydrogen-bond acceptors (Lipinski definition) is 2. The molecule has 1 aliphatic rings. The molecule has 0 saturated heterocycles. The van der Waals surface area contributed by atoms with Crippen LogP contribution in [0.4, 0.5) is 0 Å². The van der Waals surface area contributed by atoms with E-state index in [1.165, 1.54) is 18.4 Å². The van der Waals surface area contributed by atoms with Gasteiger partial charge in [-0.25, -0.2) is 0 Å². The molecular weight excluding hydrogens is 230 g/mol. The van der Waals surface area contributed by atoms with Crippen molar-refractivity contribution in [2.24, 2.45) is 0 Å². The zero-order chi connectivity index (χ0) is 13.4. The number of aliphatic carboxylic acids is 1. The lowest BCUT2D eigenvalue weighted by Crippen LogP contribution is -2.32. The Balaban J connectivity index is 2.18. The molecule has 1 atom stereocenters. The van der Waals surface area contributed by atoms with Crippen LogP contribution >= 0.6 is 0 Å². The molecule has 1 unspecified atom stereocenters. The van der Waals surface area contributed by atoms with Gasteiger partial charge < -0.3 is 10.4 Å². The number of amides is 1. The summed E-state index contributed by atoms with van der Waals surface area (Å²) in [6.45, 7) is 1.93. The largest absolute Gasteiger partial charge is 0.481 e.